The van der Waals surface area contributed by atoms with E-state index in [-0.39, 0.29) is 0 Å². The summed E-state index contributed by atoms with van der Waals surface area (Å²) >= 11 is 12.2. The Kier molecular flexibility index (Phi) is 5.89. The average molecular weight is 423 g/mol. The van der Waals surface area contributed by atoms with Gasteiger partial charge in [-0.05, 0) is 41.5 Å². The van der Waals surface area contributed by atoms with Crippen LogP contribution >= 0.6 is 23.2 Å². The van der Waals surface area contributed by atoms with E-state index in [1.165, 1.54) is 0 Å². The van der Waals surface area contributed by atoms with Gasteiger partial charge in [0.25, 0.3) is 0 Å². The van der Waals surface area contributed by atoms with Gasteiger partial charge in [0.15, 0.2) is 0 Å². The van der Waals surface area contributed by atoms with Crippen molar-refractivity contribution in [3.8, 4) is 16.9 Å². The van der Waals surface area contributed by atoms with Crippen molar-refractivity contribution in [1.82, 2.24) is 0 Å². The number of methoxy groups -OCH3 is 1. The number of ether oxygens (including phenoxy) is 1. The number of nitrogens with one attached hydrogen (secondary N) is 1. The lowest BCUT2D eigenvalue weighted by molar-refractivity contribution is 0.415. The van der Waals surface area contributed by atoms with Crippen LogP contribution in [0.2, 0.25) is 10.0 Å². The van der Waals surface area contributed by atoms with E-state index in [1.54, 1.807) is 13.2 Å². The summed E-state index contributed by atoms with van der Waals surface area (Å²) in [6.07, 6.45) is 4.04. The third-order valence-electron chi connectivity index (χ3n) is 4.81. The number of benzene rings is 3. The molecule has 146 valence electrons. The van der Waals surface area contributed by atoms with Gasteiger partial charge in [0, 0.05) is 17.7 Å². The summed E-state index contributed by atoms with van der Waals surface area (Å²) in [7, 11) is 1.67. The van der Waals surface area contributed by atoms with Crippen molar-refractivity contribution in [3.05, 3.63) is 87.9 Å². The van der Waals surface area contributed by atoms with Crippen LogP contribution in [0.1, 0.15) is 11.1 Å². The maximum atomic E-state index is 6.14. The van der Waals surface area contributed by atoms with Crippen LogP contribution in [0, 0.1) is 0 Å². The lowest BCUT2D eigenvalue weighted by atomic mass is 9.97. The Morgan fingerprint density at radius 1 is 0.931 bits per heavy atom. The number of hydrogen-bond donors (Lipinski definition) is 1. The first-order chi connectivity index (χ1) is 14.2. The van der Waals surface area contributed by atoms with Crippen LogP contribution in [0.15, 0.2) is 71.7 Å². The van der Waals surface area contributed by atoms with Crippen molar-refractivity contribution in [1.29, 1.82) is 0 Å². The van der Waals surface area contributed by atoms with Gasteiger partial charge in [-0.1, -0.05) is 65.7 Å². The summed E-state index contributed by atoms with van der Waals surface area (Å²) in [5.74, 6) is 0.843. The number of nitrogens with zero attached hydrogens (tertiary/aromatic N) is 1. The lowest BCUT2D eigenvalue weighted by Crippen LogP contribution is -2.05. The molecule has 29 heavy (non-hydrogen) atoms. The third-order valence-corrected chi connectivity index (χ3v) is 5.55. The minimum atomic E-state index is 0.542. The SMILES string of the molecule is COc1ccc(-c2cccc3c2NCCN=C3/C=C/c2ccc(Cl)c(Cl)c2)cc1. The summed E-state index contributed by atoms with van der Waals surface area (Å²) in [5.41, 5.74) is 6.35. The molecule has 0 aliphatic carbocycles. The number of rotatable bonds is 4. The van der Waals surface area contributed by atoms with Crippen molar-refractivity contribution >= 4 is 40.7 Å². The first-order valence-corrected chi connectivity index (χ1v) is 10.1. The zero-order valence-corrected chi connectivity index (χ0v) is 17.5. The molecule has 0 unspecified atom stereocenters. The maximum Gasteiger partial charge on any atom is 0.118 e. The van der Waals surface area contributed by atoms with Crippen molar-refractivity contribution in [2.45, 2.75) is 0 Å². The van der Waals surface area contributed by atoms with Crippen molar-refractivity contribution in [3.63, 3.8) is 0 Å². The van der Waals surface area contributed by atoms with Crippen LogP contribution in [-0.2, 0) is 0 Å². The van der Waals surface area contributed by atoms with Gasteiger partial charge in [-0.15, -0.1) is 0 Å². The molecule has 4 rings (SSSR count). The molecule has 3 aromatic rings. The lowest BCUT2D eigenvalue weighted by Gasteiger charge is -2.15. The molecule has 3 aromatic carbocycles. The largest absolute Gasteiger partial charge is 0.497 e. The molecule has 0 fully saturated rings. The van der Waals surface area contributed by atoms with Crippen LogP contribution in [0.4, 0.5) is 5.69 Å². The highest BCUT2D eigenvalue weighted by Gasteiger charge is 2.15. The van der Waals surface area contributed by atoms with Gasteiger partial charge >= 0.3 is 0 Å². The van der Waals surface area contributed by atoms with Gasteiger partial charge in [-0.25, -0.2) is 0 Å². The zero-order chi connectivity index (χ0) is 20.2. The van der Waals surface area contributed by atoms with Crippen molar-refractivity contribution in [2.24, 2.45) is 4.99 Å². The van der Waals surface area contributed by atoms with E-state index in [1.807, 2.05) is 36.4 Å². The van der Waals surface area contributed by atoms with Crippen LogP contribution in [-0.4, -0.2) is 25.9 Å². The van der Waals surface area contributed by atoms with E-state index in [0.717, 1.165) is 45.9 Å². The summed E-state index contributed by atoms with van der Waals surface area (Å²) in [6.45, 7) is 1.49. The zero-order valence-electron chi connectivity index (χ0n) is 16.0. The molecule has 1 aliphatic heterocycles. The Hall–Kier alpha value is -2.75. The van der Waals surface area contributed by atoms with Crippen LogP contribution < -0.4 is 10.1 Å². The number of para-hydroxylation sites is 1. The van der Waals surface area contributed by atoms with Crippen molar-refractivity contribution < 1.29 is 4.74 Å². The van der Waals surface area contributed by atoms with Gasteiger partial charge in [-0.3, -0.25) is 4.99 Å². The quantitative estimate of drug-likeness (QED) is 0.513. The molecule has 0 amide bonds. The number of aliphatic imine (C=N–C) groups is 1. The predicted molar refractivity (Wildman–Crippen MR) is 124 cm³/mol. The Labute approximate surface area is 180 Å². The standard InChI is InChI=1S/C24H20Cl2N2O/c1-29-18-9-7-17(8-10-18)19-3-2-4-20-23(27-13-14-28-24(19)20)12-6-16-5-11-21(25)22(26)15-16/h2-12,15,28H,13-14H2,1H3/b12-6+. The van der Waals surface area contributed by atoms with Gasteiger partial charge in [0.2, 0.25) is 0 Å². The molecule has 1 heterocycles. The van der Waals surface area contributed by atoms with Gasteiger partial charge in [0.1, 0.15) is 5.75 Å². The molecule has 0 aromatic heterocycles. The van der Waals surface area contributed by atoms with Crippen LogP contribution in [0.5, 0.6) is 5.75 Å². The molecule has 0 atom stereocenters. The molecule has 0 radical (unpaired) electrons. The second-order valence-corrected chi connectivity index (χ2v) is 7.47. The van der Waals surface area contributed by atoms with Gasteiger partial charge in [0.05, 0.1) is 35.1 Å². The van der Waals surface area contributed by atoms with Gasteiger partial charge < -0.3 is 10.1 Å². The predicted octanol–water partition coefficient (Wildman–Crippen LogP) is 6.60. The number of allylic oxidation sites excluding steroid dienone is 1. The second kappa shape index (κ2) is 8.73. The molecule has 3 nitrogen and oxygen atoms in total. The molecule has 1 N–H and O–H groups in total. The average Bonchev–Trinajstić information content (AvgIpc) is 2.97. The Morgan fingerprint density at radius 2 is 1.72 bits per heavy atom. The molecule has 5 heteroatoms. The maximum absolute atomic E-state index is 6.14. The highest BCUT2D eigenvalue weighted by atomic mass is 35.5. The Balaban J connectivity index is 1.71. The van der Waals surface area contributed by atoms with E-state index in [0.29, 0.717) is 16.6 Å². The van der Waals surface area contributed by atoms with Crippen LogP contribution in [0.3, 0.4) is 0 Å². The third kappa shape index (κ3) is 4.31. The topological polar surface area (TPSA) is 33.6 Å². The fraction of sp³-hybridized carbons (Fsp3) is 0.125. The number of halogens is 2. The van der Waals surface area contributed by atoms with E-state index in [4.69, 9.17) is 32.9 Å². The number of fused-ring (bicyclic) bond motifs is 1. The monoisotopic (exact) mass is 422 g/mol. The normalized spacial score (nSPS) is 13.4. The van der Waals surface area contributed by atoms with Crippen LogP contribution in [0.25, 0.3) is 17.2 Å². The minimum Gasteiger partial charge on any atom is -0.497 e. The molecule has 0 spiro atoms. The van der Waals surface area contributed by atoms with E-state index in [9.17, 15) is 0 Å². The number of hydrogen-bond acceptors (Lipinski definition) is 3. The fourth-order valence-electron chi connectivity index (χ4n) is 3.34. The minimum absolute atomic E-state index is 0.542. The Morgan fingerprint density at radius 3 is 2.48 bits per heavy atom. The first kappa shape index (κ1) is 19.6. The molecular formula is C24H20Cl2N2O. The van der Waals surface area contributed by atoms with Crippen molar-refractivity contribution in [2.75, 3.05) is 25.5 Å². The summed E-state index contributed by atoms with van der Waals surface area (Å²) in [5, 5.41) is 4.64. The molecule has 0 saturated heterocycles. The molecule has 0 bridgehead atoms. The number of benzodiazepines with no additional fused rings is 1. The van der Waals surface area contributed by atoms with E-state index < -0.39 is 0 Å². The number of anilines is 1. The van der Waals surface area contributed by atoms with E-state index in [2.05, 4.69) is 35.6 Å². The van der Waals surface area contributed by atoms with Gasteiger partial charge in [-0.2, -0.15) is 0 Å². The first-order valence-electron chi connectivity index (χ1n) is 9.35. The highest BCUT2D eigenvalue weighted by molar-refractivity contribution is 6.42. The fourth-order valence-corrected chi connectivity index (χ4v) is 3.65. The summed E-state index contributed by atoms with van der Waals surface area (Å²) in [4.78, 5) is 4.77. The molecular weight excluding hydrogens is 403 g/mol. The smallest absolute Gasteiger partial charge is 0.118 e. The summed E-state index contributed by atoms with van der Waals surface area (Å²) < 4.78 is 5.28. The molecule has 1 aliphatic rings. The molecule has 0 saturated carbocycles. The van der Waals surface area contributed by atoms with E-state index >= 15 is 0 Å². The second-order valence-electron chi connectivity index (χ2n) is 6.66. The highest BCUT2D eigenvalue weighted by Crippen LogP contribution is 2.33. The summed E-state index contributed by atoms with van der Waals surface area (Å²) in [6, 6.07) is 20.0. The Bertz CT molecular complexity index is 1090.